The molecule has 1 aliphatic carbocycles. The highest BCUT2D eigenvalue weighted by Crippen LogP contribution is 2.52. The van der Waals surface area contributed by atoms with Gasteiger partial charge >= 0.3 is 6.02 Å². The Kier molecular flexibility index (Phi) is 6.16. The number of aliphatic imine (C=N–C) groups is 1. The van der Waals surface area contributed by atoms with Crippen LogP contribution in [0, 0.1) is 12.3 Å². The van der Waals surface area contributed by atoms with E-state index in [9.17, 15) is 0 Å². The van der Waals surface area contributed by atoms with Gasteiger partial charge in [0.05, 0.1) is 18.1 Å². The van der Waals surface area contributed by atoms with E-state index in [1.54, 1.807) is 20.9 Å². The first-order valence-electron chi connectivity index (χ1n) is 9.92. The molecule has 9 nitrogen and oxygen atoms in total. The molecule has 2 heterocycles. The number of nitrogens with zero attached hydrogens (tertiary/aromatic N) is 5. The van der Waals surface area contributed by atoms with Crippen molar-refractivity contribution in [3.63, 3.8) is 0 Å². The minimum atomic E-state index is -1.66. The number of rotatable bonds is 6. The van der Waals surface area contributed by atoms with Gasteiger partial charge in [-0.25, -0.2) is 14.4 Å². The van der Waals surface area contributed by atoms with Gasteiger partial charge in [-0.1, -0.05) is 6.58 Å². The van der Waals surface area contributed by atoms with Crippen LogP contribution in [0.2, 0.25) is 0 Å². The van der Waals surface area contributed by atoms with E-state index in [4.69, 9.17) is 16.2 Å². The second kappa shape index (κ2) is 8.47. The number of allylic oxidation sites excluding steroid dienone is 1. The maximum absolute atomic E-state index is 15.1. The minimum absolute atomic E-state index is 0.00266. The average molecular weight is 419 g/mol. The third kappa shape index (κ3) is 4.48. The number of halogens is 1. The van der Waals surface area contributed by atoms with E-state index in [2.05, 4.69) is 26.9 Å². The molecule has 0 radical (unpaired) electrons. The smallest absolute Gasteiger partial charge is 0.302 e. The molecule has 1 unspecified atom stereocenters. The average Bonchev–Trinajstić information content (AvgIpc) is 3.44. The zero-order valence-corrected chi connectivity index (χ0v) is 18.0. The molecule has 1 saturated heterocycles. The van der Waals surface area contributed by atoms with Crippen molar-refractivity contribution < 1.29 is 9.13 Å². The molecule has 0 aromatic carbocycles. The monoisotopic (exact) mass is 418 g/mol. The fraction of sp³-hybridized carbons (Fsp3) is 0.550. The lowest BCUT2D eigenvalue weighted by Gasteiger charge is -2.27. The summed E-state index contributed by atoms with van der Waals surface area (Å²) in [4.78, 5) is 15.9. The summed E-state index contributed by atoms with van der Waals surface area (Å²) in [6, 6.07) is 0.0833. The van der Waals surface area contributed by atoms with Crippen molar-refractivity contribution in [1.29, 1.82) is 0 Å². The van der Waals surface area contributed by atoms with Gasteiger partial charge in [0.25, 0.3) is 0 Å². The van der Waals surface area contributed by atoms with Crippen LogP contribution in [-0.2, 0) is 0 Å². The van der Waals surface area contributed by atoms with E-state index in [0.717, 1.165) is 19.4 Å². The van der Waals surface area contributed by atoms with Crippen LogP contribution >= 0.6 is 0 Å². The summed E-state index contributed by atoms with van der Waals surface area (Å²) < 4.78 is 20.9. The molecular formula is C20H31FN8O. The molecule has 0 bridgehead atoms. The fourth-order valence-electron chi connectivity index (χ4n) is 3.40. The Hall–Kier alpha value is -2.88. The first-order chi connectivity index (χ1) is 14.2. The van der Waals surface area contributed by atoms with Gasteiger partial charge in [-0.3, -0.25) is 4.90 Å². The summed E-state index contributed by atoms with van der Waals surface area (Å²) in [5.41, 5.74) is 13.0. The highest BCUT2D eigenvalue weighted by Gasteiger charge is 2.53. The van der Waals surface area contributed by atoms with Crippen molar-refractivity contribution in [2.45, 2.75) is 39.0 Å². The topological polar surface area (TPSA) is 118 Å². The number of nitrogens with two attached hydrogens (primary N) is 2. The molecule has 2 atom stereocenters. The lowest BCUT2D eigenvalue weighted by Crippen LogP contribution is -2.42. The van der Waals surface area contributed by atoms with Crippen molar-refractivity contribution in [1.82, 2.24) is 25.1 Å². The molecule has 3 rings (SSSR count). The number of amidine groups is 1. The molecule has 2 aliphatic rings. The van der Waals surface area contributed by atoms with Crippen LogP contribution in [0.25, 0.3) is 0 Å². The van der Waals surface area contributed by atoms with Crippen LogP contribution in [0.1, 0.15) is 25.6 Å². The van der Waals surface area contributed by atoms with Gasteiger partial charge in [0.1, 0.15) is 11.6 Å². The summed E-state index contributed by atoms with van der Waals surface area (Å²) >= 11 is 0. The molecule has 164 valence electrons. The van der Waals surface area contributed by atoms with Gasteiger partial charge < -0.3 is 26.4 Å². The Labute approximate surface area is 176 Å². The van der Waals surface area contributed by atoms with Crippen molar-refractivity contribution in [2.75, 3.05) is 27.2 Å². The summed E-state index contributed by atoms with van der Waals surface area (Å²) in [7, 11) is 3.19. The van der Waals surface area contributed by atoms with Crippen molar-refractivity contribution in [2.24, 2.45) is 21.9 Å². The number of likely N-dealkylation sites (N-methyl/N-ethyl adjacent to an activating group) is 1. The number of alkyl halides is 1. The van der Waals surface area contributed by atoms with E-state index in [0.29, 0.717) is 29.6 Å². The largest absolute Gasteiger partial charge is 0.422 e. The van der Waals surface area contributed by atoms with Crippen LogP contribution in [0.5, 0.6) is 5.75 Å². The summed E-state index contributed by atoms with van der Waals surface area (Å²) in [5, 5.41) is 2.85. The number of hydrogen-bond acceptors (Lipinski definition) is 8. The summed E-state index contributed by atoms with van der Waals surface area (Å²) in [6.07, 6.45) is 3.58. The third-order valence-electron chi connectivity index (χ3n) is 5.86. The summed E-state index contributed by atoms with van der Waals surface area (Å²) in [5.74, 6) is 1.39. The Morgan fingerprint density at radius 1 is 1.47 bits per heavy atom. The highest BCUT2D eigenvalue weighted by molar-refractivity contribution is 5.77. The first-order valence-corrected chi connectivity index (χ1v) is 9.92. The Balaban J connectivity index is 1.85. The number of ether oxygens (including phenoxy) is 1. The number of nitrogens with one attached hydrogen (secondary N) is 1. The molecule has 1 aliphatic heterocycles. The molecule has 5 N–H and O–H groups in total. The second-order valence-corrected chi connectivity index (χ2v) is 8.01. The zero-order chi connectivity index (χ0) is 22.1. The predicted octanol–water partition coefficient (Wildman–Crippen LogP) is 1.05. The molecule has 1 aromatic heterocycles. The van der Waals surface area contributed by atoms with E-state index in [1.807, 2.05) is 4.90 Å². The van der Waals surface area contributed by atoms with Crippen molar-refractivity contribution in [3.05, 3.63) is 42.0 Å². The number of aryl methyl sites for hydroxylation is 1. The predicted molar refractivity (Wildman–Crippen MR) is 114 cm³/mol. The fourth-order valence-corrected chi connectivity index (χ4v) is 3.40. The highest BCUT2D eigenvalue weighted by atomic mass is 19.1. The Morgan fingerprint density at radius 3 is 2.63 bits per heavy atom. The van der Waals surface area contributed by atoms with Crippen molar-refractivity contribution >= 4 is 6.02 Å². The van der Waals surface area contributed by atoms with Gasteiger partial charge in [-0.15, -0.1) is 0 Å². The molecule has 1 aromatic rings. The van der Waals surface area contributed by atoms with Gasteiger partial charge in [0, 0.05) is 44.3 Å². The van der Waals surface area contributed by atoms with Crippen LogP contribution < -0.4 is 21.5 Å². The normalized spacial score (nSPS) is 21.9. The van der Waals surface area contributed by atoms with Gasteiger partial charge in [0.15, 0.2) is 5.75 Å². The zero-order valence-electron chi connectivity index (χ0n) is 18.0. The van der Waals surface area contributed by atoms with E-state index in [-0.39, 0.29) is 23.2 Å². The Bertz CT molecular complexity index is 849. The van der Waals surface area contributed by atoms with Crippen LogP contribution in [0.4, 0.5) is 4.39 Å². The maximum atomic E-state index is 15.1. The summed E-state index contributed by atoms with van der Waals surface area (Å²) in [6.45, 7) is 8.98. The van der Waals surface area contributed by atoms with Crippen LogP contribution in [-0.4, -0.2) is 65.3 Å². The van der Waals surface area contributed by atoms with Gasteiger partial charge in [-0.05, 0) is 26.7 Å². The molecule has 10 heteroatoms. The van der Waals surface area contributed by atoms with E-state index in [1.165, 1.54) is 24.3 Å². The van der Waals surface area contributed by atoms with Gasteiger partial charge in [-0.2, -0.15) is 4.99 Å². The first kappa shape index (κ1) is 21.8. The molecular weight excluding hydrogens is 387 g/mol. The van der Waals surface area contributed by atoms with E-state index >= 15 is 4.39 Å². The molecule has 1 spiro atoms. The quantitative estimate of drug-likeness (QED) is 0.356. The van der Waals surface area contributed by atoms with Crippen LogP contribution in [0.15, 0.2) is 41.2 Å². The van der Waals surface area contributed by atoms with Crippen molar-refractivity contribution in [3.8, 4) is 5.75 Å². The standard InChI is InChI=1S/C20H31FN8O/c1-12(24-4)17(23)18(21)28(5)19(30-15-8-25-13(2)26-9-15)27-14(3)29-10-16(22)20(11-29)6-7-20/h8-9,16,18,24H,3,6-7,10-11,22-23H2,1-2,4-5H3/b17-12?,27-19+/t16-,18?/m0/s1. The minimum Gasteiger partial charge on any atom is -0.422 e. The lowest BCUT2D eigenvalue weighted by molar-refractivity contribution is 0.190. The number of aromatic nitrogens is 2. The van der Waals surface area contributed by atoms with E-state index < -0.39 is 6.30 Å². The molecule has 0 amide bonds. The third-order valence-corrected chi connectivity index (χ3v) is 5.86. The van der Waals surface area contributed by atoms with Gasteiger partial charge in [0.2, 0.25) is 6.30 Å². The molecule has 30 heavy (non-hydrogen) atoms. The molecule has 2 fully saturated rings. The number of hydrogen-bond donors (Lipinski definition) is 3. The Morgan fingerprint density at radius 2 is 2.10 bits per heavy atom. The SMILES string of the molecule is C=C(/N=C(/Oc1cnc(C)nc1)N(C)C(F)C(N)=C(C)NC)N1C[C@H](N)C2(CC2)C1. The van der Waals surface area contributed by atoms with Crippen LogP contribution in [0.3, 0.4) is 0 Å². The number of likely N-dealkylation sites (tertiary alicyclic amines) is 1. The lowest BCUT2D eigenvalue weighted by atomic mass is 10.0. The molecule has 1 saturated carbocycles. The maximum Gasteiger partial charge on any atom is 0.302 e. The second-order valence-electron chi connectivity index (χ2n) is 8.01.